The zero-order valence-electron chi connectivity index (χ0n) is 17.3. The molecule has 1 heterocycles. The smallest absolute Gasteiger partial charge is 0.338 e. The zero-order valence-corrected chi connectivity index (χ0v) is 18.1. The molecule has 1 N–H and O–H groups in total. The first kappa shape index (κ1) is 22.6. The van der Waals surface area contributed by atoms with Crippen LogP contribution in [0.15, 0.2) is 88.2 Å². The van der Waals surface area contributed by atoms with Crippen LogP contribution in [0.5, 0.6) is 0 Å². The predicted octanol–water partition coefficient (Wildman–Crippen LogP) is 3.80. The minimum absolute atomic E-state index is 0.0163. The molecular formula is C22H16N4O7S. The van der Waals surface area contributed by atoms with Crippen molar-refractivity contribution in [1.82, 2.24) is 10.2 Å². The highest BCUT2D eigenvalue weighted by molar-refractivity contribution is 7.92. The predicted molar refractivity (Wildman–Crippen MR) is 119 cm³/mol. The zero-order chi connectivity index (χ0) is 24.1. The molecular weight excluding hydrogens is 464 g/mol. The second-order valence-electron chi connectivity index (χ2n) is 6.88. The van der Waals surface area contributed by atoms with Gasteiger partial charge in [0.2, 0.25) is 5.89 Å². The Hall–Kier alpha value is -4.58. The average molecular weight is 480 g/mol. The third-order valence-corrected chi connectivity index (χ3v) is 5.92. The van der Waals surface area contributed by atoms with Gasteiger partial charge >= 0.3 is 5.97 Å². The maximum atomic E-state index is 12.5. The number of nitro benzene ring substituents is 1. The highest BCUT2D eigenvalue weighted by atomic mass is 32.2. The Bertz CT molecular complexity index is 1440. The number of rotatable bonds is 8. The van der Waals surface area contributed by atoms with Crippen molar-refractivity contribution in [2.75, 3.05) is 4.72 Å². The molecule has 4 rings (SSSR count). The lowest BCUT2D eigenvalue weighted by Crippen LogP contribution is -2.13. The third kappa shape index (κ3) is 5.24. The standard InChI is InChI=1S/C22H16N4O7S/c27-22(16-5-4-6-17(13-16)25-34(30,31)19-7-2-1-3-8-19)32-14-20-23-24-21(33-20)15-9-11-18(12-10-15)26(28)29/h1-13,25H,14H2. The van der Waals surface area contributed by atoms with Crippen LogP contribution < -0.4 is 4.72 Å². The average Bonchev–Trinajstić information content (AvgIpc) is 3.32. The summed E-state index contributed by atoms with van der Waals surface area (Å²) in [6.45, 7) is -0.321. The molecule has 1 aromatic heterocycles. The van der Waals surface area contributed by atoms with Crippen molar-refractivity contribution in [3.05, 3.63) is 100 Å². The summed E-state index contributed by atoms with van der Waals surface area (Å²) in [5, 5.41) is 18.4. The maximum Gasteiger partial charge on any atom is 0.338 e. The fourth-order valence-corrected chi connectivity index (χ4v) is 3.96. The number of ether oxygens (including phenoxy) is 1. The van der Waals surface area contributed by atoms with Crippen molar-refractivity contribution in [2.45, 2.75) is 11.5 Å². The number of sulfonamides is 1. The number of nitrogens with one attached hydrogen (secondary N) is 1. The maximum absolute atomic E-state index is 12.5. The molecule has 0 bridgehead atoms. The molecule has 0 fully saturated rings. The first-order chi connectivity index (χ1) is 16.3. The van der Waals surface area contributed by atoms with Crippen LogP contribution in [0, 0.1) is 10.1 Å². The van der Waals surface area contributed by atoms with Gasteiger partial charge in [-0.1, -0.05) is 24.3 Å². The van der Waals surface area contributed by atoms with E-state index >= 15 is 0 Å². The van der Waals surface area contributed by atoms with Gasteiger partial charge in [-0.2, -0.15) is 0 Å². The molecule has 0 saturated heterocycles. The lowest BCUT2D eigenvalue weighted by molar-refractivity contribution is -0.384. The monoisotopic (exact) mass is 480 g/mol. The normalized spacial score (nSPS) is 11.1. The number of non-ortho nitro benzene ring substituents is 1. The van der Waals surface area contributed by atoms with Crippen molar-refractivity contribution >= 4 is 27.4 Å². The number of carbonyl (C=O) groups excluding carboxylic acids is 1. The molecule has 0 saturated carbocycles. The van der Waals surface area contributed by atoms with E-state index in [2.05, 4.69) is 14.9 Å². The van der Waals surface area contributed by atoms with Crippen LogP contribution in [0.1, 0.15) is 16.2 Å². The van der Waals surface area contributed by atoms with Crippen LogP contribution in [0.4, 0.5) is 11.4 Å². The topological polar surface area (TPSA) is 155 Å². The second kappa shape index (κ2) is 9.50. The van der Waals surface area contributed by atoms with E-state index in [1.165, 1.54) is 60.7 Å². The molecule has 34 heavy (non-hydrogen) atoms. The molecule has 0 aliphatic carbocycles. The molecule has 0 aliphatic rings. The molecule has 0 radical (unpaired) electrons. The lowest BCUT2D eigenvalue weighted by atomic mass is 10.2. The Morgan fingerprint density at radius 1 is 1.00 bits per heavy atom. The molecule has 3 aromatic carbocycles. The highest BCUT2D eigenvalue weighted by Gasteiger charge is 2.16. The Kier molecular flexibility index (Phi) is 6.32. The van der Waals surface area contributed by atoms with E-state index in [4.69, 9.17) is 9.15 Å². The van der Waals surface area contributed by atoms with Crippen molar-refractivity contribution in [3.63, 3.8) is 0 Å². The van der Waals surface area contributed by atoms with E-state index in [-0.39, 0.29) is 40.2 Å². The molecule has 172 valence electrons. The number of nitrogens with zero attached hydrogens (tertiary/aromatic N) is 3. The minimum Gasteiger partial charge on any atom is -0.452 e. The van der Waals surface area contributed by atoms with Crippen LogP contribution in [-0.2, 0) is 21.4 Å². The van der Waals surface area contributed by atoms with Crippen molar-refractivity contribution in [3.8, 4) is 11.5 Å². The van der Waals surface area contributed by atoms with E-state index in [1.807, 2.05) is 0 Å². The van der Waals surface area contributed by atoms with Crippen LogP contribution in [0.25, 0.3) is 11.5 Å². The van der Waals surface area contributed by atoms with Gasteiger partial charge in [0.1, 0.15) is 0 Å². The van der Waals surface area contributed by atoms with Gasteiger partial charge in [0.25, 0.3) is 21.6 Å². The number of carbonyl (C=O) groups is 1. The molecule has 0 aliphatic heterocycles. The number of hydrogen-bond donors (Lipinski definition) is 1. The molecule has 12 heteroatoms. The van der Waals surface area contributed by atoms with E-state index in [9.17, 15) is 23.3 Å². The van der Waals surface area contributed by atoms with Gasteiger partial charge in [0, 0.05) is 23.4 Å². The molecule has 0 atom stereocenters. The van der Waals surface area contributed by atoms with Crippen LogP contribution in [0.2, 0.25) is 0 Å². The Morgan fingerprint density at radius 2 is 1.74 bits per heavy atom. The number of benzene rings is 3. The van der Waals surface area contributed by atoms with Crippen LogP contribution in [-0.4, -0.2) is 29.5 Å². The van der Waals surface area contributed by atoms with Crippen LogP contribution >= 0.6 is 0 Å². The highest BCUT2D eigenvalue weighted by Crippen LogP contribution is 2.22. The van der Waals surface area contributed by atoms with Gasteiger partial charge in [-0.05, 0) is 42.5 Å². The summed E-state index contributed by atoms with van der Waals surface area (Å²) < 4.78 is 38.0. The first-order valence-electron chi connectivity index (χ1n) is 9.74. The Labute approximate surface area is 193 Å². The molecule has 0 spiro atoms. The molecule has 0 unspecified atom stereocenters. The number of nitro groups is 1. The number of anilines is 1. The van der Waals surface area contributed by atoms with Crippen molar-refractivity contribution < 1.29 is 27.3 Å². The van der Waals surface area contributed by atoms with Gasteiger partial charge in [-0.25, -0.2) is 13.2 Å². The summed E-state index contributed by atoms with van der Waals surface area (Å²) in [7, 11) is -3.81. The van der Waals surface area contributed by atoms with Crippen molar-refractivity contribution in [1.29, 1.82) is 0 Å². The number of esters is 1. The van der Waals surface area contributed by atoms with Gasteiger partial charge in [0.05, 0.1) is 15.4 Å². The van der Waals surface area contributed by atoms with E-state index in [0.717, 1.165) is 0 Å². The number of hydrogen-bond acceptors (Lipinski definition) is 9. The largest absolute Gasteiger partial charge is 0.452 e. The first-order valence-corrected chi connectivity index (χ1v) is 11.2. The summed E-state index contributed by atoms with van der Waals surface area (Å²) in [6.07, 6.45) is 0. The summed E-state index contributed by atoms with van der Waals surface area (Å²) in [5.74, 6) is -0.600. The summed E-state index contributed by atoms with van der Waals surface area (Å²) >= 11 is 0. The molecule has 0 amide bonds. The lowest BCUT2D eigenvalue weighted by Gasteiger charge is -2.09. The van der Waals surface area contributed by atoms with Gasteiger partial charge in [-0.15, -0.1) is 10.2 Å². The summed E-state index contributed by atoms with van der Waals surface area (Å²) in [6, 6.07) is 19.2. The van der Waals surface area contributed by atoms with Crippen molar-refractivity contribution in [2.24, 2.45) is 0 Å². The van der Waals surface area contributed by atoms with Gasteiger partial charge in [-0.3, -0.25) is 14.8 Å². The quantitative estimate of drug-likeness (QED) is 0.225. The summed E-state index contributed by atoms with van der Waals surface area (Å²) in [4.78, 5) is 22.7. The van der Waals surface area contributed by atoms with Gasteiger partial charge < -0.3 is 9.15 Å². The molecule has 4 aromatic rings. The fraction of sp³-hybridized carbons (Fsp3) is 0.0455. The number of aromatic nitrogens is 2. The third-order valence-electron chi connectivity index (χ3n) is 4.52. The van der Waals surface area contributed by atoms with E-state index in [0.29, 0.717) is 5.56 Å². The fourth-order valence-electron chi connectivity index (χ4n) is 2.89. The SMILES string of the molecule is O=C(OCc1nnc(-c2ccc([N+](=O)[O-])cc2)o1)c1cccc(NS(=O)(=O)c2ccccc2)c1. The van der Waals surface area contributed by atoms with E-state index < -0.39 is 20.9 Å². The van der Waals surface area contributed by atoms with Gasteiger partial charge in [0.15, 0.2) is 6.61 Å². The second-order valence-corrected chi connectivity index (χ2v) is 8.56. The molecule has 11 nitrogen and oxygen atoms in total. The van der Waals surface area contributed by atoms with E-state index in [1.54, 1.807) is 18.2 Å². The minimum atomic E-state index is -3.81. The van der Waals surface area contributed by atoms with Crippen LogP contribution in [0.3, 0.4) is 0 Å². The Morgan fingerprint density at radius 3 is 2.44 bits per heavy atom. The summed E-state index contributed by atoms with van der Waals surface area (Å²) in [5.41, 5.74) is 0.694. The Balaban J connectivity index is 1.40.